The molecule has 0 fully saturated rings. The Bertz CT molecular complexity index is 811. The summed E-state index contributed by atoms with van der Waals surface area (Å²) in [5, 5.41) is 0. The molecule has 9 nitrogen and oxygen atoms in total. The molecule has 2 N–H and O–H groups in total. The zero-order valence-electron chi connectivity index (χ0n) is 11.1. The first-order chi connectivity index (χ1) is 9.22. The van der Waals surface area contributed by atoms with Crippen LogP contribution in [0, 0.1) is 0 Å². The Labute approximate surface area is 113 Å². The minimum Gasteiger partial charge on any atom is -0.325 e. The van der Waals surface area contributed by atoms with Crippen molar-refractivity contribution in [1.82, 2.24) is 18.7 Å². The first-order valence-corrected chi connectivity index (χ1v) is 7.67. The second kappa shape index (κ2) is 5.01. The maximum Gasteiger partial charge on any atom is 0.332 e. The number of hydrogen-bond acceptors (Lipinski definition) is 4. The fourth-order valence-corrected chi connectivity index (χ4v) is 2.57. The van der Waals surface area contributed by atoms with Crippen LogP contribution in [-0.2, 0) is 25.2 Å². The van der Waals surface area contributed by atoms with E-state index < -0.39 is 18.8 Å². The molecule has 0 spiro atoms. The number of hydrogen-bond donors (Lipinski definition) is 2. The number of rotatable bonds is 4. The third kappa shape index (κ3) is 2.60. The molecule has 0 amide bonds. The fourth-order valence-electron chi connectivity index (χ4n) is 2.01. The summed E-state index contributed by atoms with van der Waals surface area (Å²) in [6.45, 7) is 0.245. The lowest BCUT2D eigenvalue weighted by atomic mass is 10.4. The molecule has 0 atom stereocenters. The predicted molar refractivity (Wildman–Crippen MR) is 71.7 cm³/mol. The van der Waals surface area contributed by atoms with Crippen molar-refractivity contribution in [3.8, 4) is 0 Å². The van der Waals surface area contributed by atoms with E-state index in [0.29, 0.717) is 0 Å². The Morgan fingerprint density at radius 1 is 1.25 bits per heavy atom. The average Bonchev–Trinajstić information content (AvgIpc) is 2.76. The van der Waals surface area contributed by atoms with Crippen LogP contribution in [0.2, 0.25) is 0 Å². The number of imidazole rings is 1. The SMILES string of the molecule is Cn1c(=O)c2c(ncn2CCCP(=O)(O)O)n(C)c1=O. The molecule has 0 aromatic carbocycles. The molecular weight excluding hydrogens is 287 g/mol. The number of aromatic nitrogens is 4. The summed E-state index contributed by atoms with van der Waals surface area (Å²) < 4.78 is 14.5. The number of nitrogens with zero attached hydrogens (tertiary/aromatic N) is 4. The van der Waals surface area contributed by atoms with E-state index in [0.717, 1.165) is 4.57 Å². The van der Waals surface area contributed by atoms with Crippen molar-refractivity contribution in [2.24, 2.45) is 14.1 Å². The second-order valence-corrected chi connectivity index (χ2v) is 6.33. The molecule has 0 radical (unpaired) electrons. The van der Waals surface area contributed by atoms with Crippen molar-refractivity contribution in [2.45, 2.75) is 13.0 Å². The minimum absolute atomic E-state index is 0.210. The van der Waals surface area contributed by atoms with Gasteiger partial charge in [-0.2, -0.15) is 0 Å². The van der Waals surface area contributed by atoms with Gasteiger partial charge >= 0.3 is 13.3 Å². The Kier molecular flexibility index (Phi) is 3.68. The van der Waals surface area contributed by atoms with Gasteiger partial charge < -0.3 is 14.4 Å². The maximum atomic E-state index is 12.1. The fraction of sp³-hybridized carbons (Fsp3) is 0.500. The number of aryl methyl sites for hydroxylation is 2. The van der Waals surface area contributed by atoms with Crippen molar-refractivity contribution >= 4 is 18.8 Å². The number of fused-ring (bicyclic) bond motifs is 1. The Morgan fingerprint density at radius 3 is 2.50 bits per heavy atom. The predicted octanol–water partition coefficient (Wildman–Crippen LogP) is -0.999. The molecule has 0 saturated heterocycles. The largest absolute Gasteiger partial charge is 0.332 e. The van der Waals surface area contributed by atoms with E-state index in [4.69, 9.17) is 9.79 Å². The van der Waals surface area contributed by atoms with Crippen LogP contribution >= 0.6 is 7.60 Å². The summed E-state index contributed by atoms with van der Waals surface area (Å²) in [4.78, 5) is 45.5. The van der Waals surface area contributed by atoms with Crippen LogP contribution in [0.1, 0.15) is 6.42 Å². The van der Waals surface area contributed by atoms with Gasteiger partial charge in [-0.3, -0.25) is 18.5 Å². The molecule has 2 aromatic rings. The quantitative estimate of drug-likeness (QED) is 0.699. The Balaban J connectivity index is 2.45. The van der Waals surface area contributed by atoms with Crippen molar-refractivity contribution in [3.63, 3.8) is 0 Å². The molecule has 0 aliphatic carbocycles. The van der Waals surface area contributed by atoms with Crippen LogP contribution in [-0.4, -0.2) is 34.6 Å². The minimum atomic E-state index is -4.06. The molecule has 2 aromatic heterocycles. The standard InChI is InChI=1S/C10H15N4O5P/c1-12-8-7(9(15)13(2)10(12)16)14(6-11-8)4-3-5-20(17,18)19/h6H,3-5H2,1-2H3,(H2,17,18,19). The normalized spacial score (nSPS) is 12.2. The molecule has 0 unspecified atom stereocenters. The van der Waals surface area contributed by atoms with Gasteiger partial charge in [0.1, 0.15) is 0 Å². The van der Waals surface area contributed by atoms with Gasteiger partial charge in [-0.1, -0.05) is 0 Å². The van der Waals surface area contributed by atoms with Crippen LogP contribution in [0.5, 0.6) is 0 Å². The van der Waals surface area contributed by atoms with Crippen molar-refractivity contribution in [1.29, 1.82) is 0 Å². The van der Waals surface area contributed by atoms with Gasteiger partial charge in [-0.05, 0) is 6.42 Å². The Morgan fingerprint density at radius 2 is 1.90 bits per heavy atom. The lowest BCUT2D eigenvalue weighted by Crippen LogP contribution is -2.37. The third-order valence-electron chi connectivity index (χ3n) is 3.07. The molecule has 20 heavy (non-hydrogen) atoms. The van der Waals surface area contributed by atoms with E-state index in [1.165, 1.54) is 29.6 Å². The summed E-state index contributed by atoms with van der Waals surface area (Å²) in [7, 11) is -1.17. The summed E-state index contributed by atoms with van der Waals surface area (Å²) in [5.41, 5.74) is -0.436. The van der Waals surface area contributed by atoms with E-state index in [9.17, 15) is 14.2 Å². The van der Waals surface area contributed by atoms with Gasteiger partial charge in [0.25, 0.3) is 5.56 Å². The molecule has 0 saturated carbocycles. The monoisotopic (exact) mass is 302 g/mol. The van der Waals surface area contributed by atoms with E-state index >= 15 is 0 Å². The van der Waals surface area contributed by atoms with Gasteiger partial charge in [0.05, 0.1) is 12.5 Å². The lowest BCUT2D eigenvalue weighted by molar-refractivity contribution is 0.370. The highest BCUT2D eigenvalue weighted by atomic mass is 31.2. The highest BCUT2D eigenvalue weighted by Gasteiger charge is 2.16. The van der Waals surface area contributed by atoms with Gasteiger partial charge in [0.2, 0.25) is 0 Å². The van der Waals surface area contributed by atoms with Gasteiger partial charge in [-0.25, -0.2) is 9.78 Å². The zero-order chi connectivity index (χ0) is 15.1. The van der Waals surface area contributed by atoms with Gasteiger partial charge in [0.15, 0.2) is 11.2 Å². The van der Waals surface area contributed by atoms with E-state index in [1.54, 1.807) is 0 Å². The maximum absolute atomic E-state index is 12.1. The summed E-state index contributed by atoms with van der Waals surface area (Å²) in [6, 6.07) is 0. The van der Waals surface area contributed by atoms with E-state index in [1.807, 2.05) is 0 Å². The van der Waals surface area contributed by atoms with E-state index in [-0.39, 0.29) is 30.3 Å². The second-order valence-electron chi connectivity index (χ2n) is 4.56. The molecular formula is C10H15N4O5P. The van der Waals surface area contributed by atoms with Crippen molar-refractivity contribution in [3.05, 3.63) is 27.2 Å². The van der Waals surface area contributed by atoms with Crippen LogP contribution in [0.25, 0.3) is 11.2 Å². The first kappa shape index (κ1) is 14.7. The first-order valence-electron chi connectivity index (χ1n) is 5.88. The average molecular weight is 302 g/mol. The smallest absolute Gasteiger partial charge is 0.325 e. The van der Waals surface area contributed by atoms with Crippen LogP contribution in [0.15, 0.2) is 15.9 Å². The molecule has 0 aliphatic heterocycles. The summed E-state index contributed by atoms with van der Waals surface area (Å²) >= 11 is 0. The molecule has 0 bridgehead atoms. The topological polar surface area (TPSA) is 119 Å². The summed E-state index contributed by atoms with van der Waals surface area (Å²) in [5.74, 6) is 0. The molecule has 2 rings (SSSR count). The molecule has 10 heteroatoms. The van der Waals surface area contributed by atoms with E-state index in [2.05, 4.69) is 4.98 Å². The van der Waals surface area contributed by atoms with Crippen LogP contribution < -0.4 is 11.2 Å². The molecule has 2 heterocycles. The van der Waals surface area contributed by atoms with Crippen molar-refractivity contribution < 1.29 is 14.4 Å². The Hall–Kier alpha value is -1.70. The highest BCUT2D eigenvalue weighted by molar-refractivity contribution is 7.51. The molecule has 0 aliphatic rings. The van der Waals surface area contributed by atoms with Gasteiger partial charge in [-0.15, -0.1) is 0 Å². The van der Waals surface area contributed by atoms with Crippen molar-refractivity contribution in [2.75, 3.05) is 6.16 Å². The third-order valence-corrected chi connectivity index (χ3v) is 3.96. The van der Waals surface area contributed by atoms with Crippen LogP contribution in [0.4, 0.5) is 0 Å². The highest BCUT2D eigenvalue weighted by Crippen LogP contribution is 2.34. The molecule has 110 valence electrons. The lowest BCUT2D eigenvalue weighted by Gasteiger charge is -2.07. The zero-order valence-corrected chi connectivity index (χ0v) is 11.9. The summed E-state index contributed by atoms with van der Waals surface area (Å²) in [6.07, 6.45) is 1.34. The van der Waals surface area contributed by atoms with Gasteiger partial charge in [0, 0.05) is 20.6 Å². The van der Waals surface area contributed by atoms with Crippen LogP contribution in [0.3, 0.4) is 0 Å².